The maximum atomic E-state index is 12.2. The molecular formula is C13H13ClN4O. The molecule has 0 bridgehead atoms. The van der Waals surface area contributed by atoms with Crippen molar-refractivity contribution in [2.75, 3.05) is 17.2 Å². The lowest BCUT2D eigenvalue weighted by Crippen LogP contribution is -2.15. The number of rotatable bonds is 4. The summed E-state index contributed by atoms with van der Waals surface area (Å²) in [7, 11) is 0. The predicted molar refractivity (Wildman–Crippen MR) is 75.6 cm³/mol. The van der Waals surface area contributed by atoms with Crippen molar-refractivity contribution in [2.45, 2.75) is 6.92 Å². The molecule has 0 spiro atoms. The van der Waals surface area contributed by atoms with Crippen molar-refractivity contribution < 1.29 is 4.79 Å². The lowest BCUT2D eigenvalue weighted by atomic mass is 10.1. The van der Waals surface area contributed by atoms with Gasteiger partial charge in [0.1, 0.15) is 6.33 Å². The molecule has 1 amide bonds. The first-order valence-corrected chi connectivity index (χ1v) is 6.18. The van der Waals surface area contributed by atoms with Gasteiger partial charge in [-0.05, 0) is 25.1 Å². The number of halogens is 1. The number of hydrogen-bond donors (Lipinski definition) is 2. The first-order valence-electron chi connectivity index (χ1n) is 5.80. The van der Waals surface area contributed by atoms with E-state index in [0.29, 0.717) is 16.3 Å². The summed E-state index contributed by atoms with van der Waals surface area (Å²) in [6.07, 6.45) is 4.46. The maximum absolute atomic E-state index is 12.2. The number of carbonyl (C=O) groups is 1. The van der Waals surface area contributed by atoms with Gasteiger partial charge in [-0.2, -0.15) is 0 Å². The van der Waals surface area contributed by atoms with Gasteiger partial charge in [-0.1, -0.05) is 11.6 Å². The van der Waals surface area contributed by atoms with Crippen LogP contribution in [0.25, 0.3) is 0 Å². The van der Waals surface area contributed by atoms with Crippen LogP contribution in [0.3, 0.4) is 0 Å². The molecule has 19 heavy (non-hydrogen) atoms. The average Bonchev–Trinajstić information content (AvgIpc) is 2.42. The van der Waals surface area contributed by atoms with Gasteiger partial charge in [0.15, 0.2) is 0 Å². The summed E-state index contributed by atoms with van der Waals surface area (Å²) in [5.41, 5.74) is 1.76. The number of anilines is 2. The second-order valence-corrected chi connectivity index (χ2v) is 4.24. The van der Waals surface area contributed by atoms with E-state index in [0.717, 1.165) is 12.2 Å². The normalized spacial score (nSPS) is 10.0. The van der Waals surface area contributed by atoms with Crippen LogP contribution in [0, 0.1) is 0 Å². The Bertz CT molecular complexity index is 574. The van der Waals surface area contributed by atoms with Crippen LogP contribution in [-0.2, 0) is 0 Å². The van der Waals surface area contributed by atoms with Gasteiger partial charge in [0.05, 0.1) is 23.6 Å². The topological polar surface area (TPSA) is 66.9 Å². The number of nitrogens with one attached hydrogen (secondary N) is 2. The van der Waals surface area contributed by atoms with Crippen LogP contribution in [-0.4, -0.2) is 22.4 Å². The SMILES string of the molecule is CCNc1ccc(Cl)cc1C(=O)Nc1cncnc1. The van der Waals surface area contributed by atoms with E-state index >= 15 is 0 Å². The molecule has 0 saturated heterocycles. The highest BCUT2D eigenvalue weighted by molar-refractivity contribution is 6.31. The Morgan fingerprint density at radius 1 is 1.32 bits per heavy atom. The zero-order valence-electron chi connectivity index (χ0n) is 10.4. The molecule has 98 valence electrons. The number of aromatic nitrogens is 2. The molecule has 1 aromatic heterocycles. The molecule has 0 aliphatic heterocycles. The van der Waals surface area contributed by atoms with Gasteiger partial charge in [0.25, 0.3) is 5.91 Å². The second-order valence-electron chi connectivity index (χ2n) is 3.80. The Morgan fingerprint density at radius 2 is 2.05 bits per heavy atom. The minimum atomic E-state index is -0.256. The van der Waals surface area contributed by atoms with E-state index in [1.54, 1.807) is 18.2 Å². The Labute approximate surface area is 116 Å². The number of carbonyl (C=O) groups excluding carboxylic acids is 1. The standard InChI is InChI=1S/C13H13ClN4O/c1-2-17-12-4-3-9(14)5-11(12)13(19)18-10-6-15-8-16-7-10/h3-8,17H,2H2,1H3,(H,18,19). The molecule has 0 fully saturated rings. The molecule has 2 N–H and O–H groups in total. The van der Waals surface area contributed by atoms with E-state index in [9.17, 15) is 4.79 Å². The molecule has 1 heterocycles. The van der Waals surface area contributed by atoms with Gasteiger partial charge in [-0.25, -0.2) is 9.97 Å². The van der Waals surface area contributed by atoms with Crippen molar-refractivity contribution >= 4 is 28.9 Å². The molecule has 0 radical (unpaired) electrons. The number of hydrogen-bond acceptors (Lipinski definition) is 4. The second kappa shape index (κ2) is 6.15. The molecule has 2 aromatic rings. The van der Waals surface area contributed by atoms with Gasteiger partial charge in [0, 0.05) is 17.3 Å². The zero-order chi connectivity index (χ0) is 13.7. The smallest absolute Gasteiger partial charge is 0.257 e. The van der Waals surface area contributed by atoms with Crippen molar-refractivity contribution in [3.05, 3.63) is 47.5 Å². The van der Waals surface area contributed by atoms with Gasteiger partial charge < -0.3 is 10.6 Å². The molecule has 5 nitrogen and oxygen atoms in total. The lowest BCUT2D eigenvalue weighted by molar-refractivity contribution is 0.102. The van der Waals surface area contributed by atoms with Crippen molar-refractivity contribution in [1.29, 1.82) is 0 Å². The maximum Gasteiger partial charge on any atom is 0.257 e. The highest BCUT2D eigenvalue weighted by Crippen LogP contribution is 2.21. The fourth-order valence-corrected chi connectivity index (χ4v) is 1.78. The molecule has 0 aliphatic rings. The number of amides is 1. The van der Waals surface area contributed by atoms with Gasteiger partial charge in [-0.3, -0.25) is 4.79 Å². The highest BCUT2D eigenvalue weighted by atomic mass is 35.5. The average molecular weight is 277 g/mol. The Balaban J connectivity index is 2.25. The van der Waals surface area contributed by atoms with E-state index < -0.39 is 0 Å². The van der Waals surface area contributed by atoms with Crippen LogP contribution in [0.15, 0.2) is 36.9 Å². The van der Waals surface area contributed by atoms with E-state index in [4.69, 9.17) is 11.6 Å². The van der Waals surface area contributed by atoms with Crippen LogP contribution in [0.1, 0.15) is 17.3 Å². The van der Waals surface area contributed by atoms with Crippen LogP contribution in [0.2, 0.25) is 5.02 Å². The fraction of sp³-hybridized carbons (Fsp3) is 0.154. The third-order valence-corrected chi connectivity index (χ3v) is 2.65. The van der Waals surface area contributed by atoms with Crippen molar-refractivity contribution in [3.63, 3.8) is 0 Å². The highest BCUT2D eigenvalue weighted by Gasteiger charge is 2.12. The molecular weight excluding hydrogens is 264 g/mol. The Morgan fingerprint density at radius 3 is 2.74 bits per heavy atom. The summed E-state index contributed by atoms with van der Waals surface area (Å²) in [5.74, 6) is -0.256. The third-order valence-electron chi connectivity index (χ3n) is 2.41. The lowest BCUT2D eigenvalue weighted by Gasteiger charge is -2.11. The van der Waals surface area contributed by atoms with Crippen LogP contribution in [0.4, 0.5) is 11.4 Å². The molecule has 0 unspecified atom stereocenters. The molecule has 0 aliphatic carbocycles. The minimum absolute atomic E-state index is 0.256. The largest absolute Gasteiger partial charge is 0.385 e. The summed E-state index contributed by atoms with van der Waals surface area (Å²) in [4.78, 5) is 19.9. The summed E-state index contributed by atoms with van der Waals surface area (Å²) in [5, 5.41) is 6.35. The van der Waals surface area contributed by atoms with E-state index in [1.807, 2.05) is 6.92 Å². The van der Waals surface area contributed by atoms with Crippen LogP contribution >= 0.6 is 11.6 Å². The van der Waals surface area contributed by atoms with E-state index in [-0.39, 0.29) is 5.91 Å². The molecule has 2 rings (SSSR count). The predicted octanol–water partition coefficient (Wildman–Crippen LogP) is 2.81. The monoisotopic (exact) mass is 276 g/mol. The molecule has 0 atom stereocenters. The Kier molecular flexibility index (Phi) is 4.30. The first-order chi connectivity index (χ1) is 9.20. The van der Waals surface area contributed by atoms with Gasteiger partial charge >= 0.3 is 0 Å². The fourth-order valence-electron chi connectivity index (χ4n) is 1.61. The molecule has 1 aromatic carbocycles. The van der Waals surface area contributed by atoms with Crippen molar-refractivity contribution in [3.8, 4) is 0 Å². The molecule has 0 saturated carbocycles. The van der Waals surface area contributed by atoms with E-state index in [2.05, 4.69) is 20.6 Å². The van der Waals surface area contributed by atoms with Crippen LogP contribution < -0.4 is 10.6 Å². The quantitative estimate of drug-likeness (QED) is 0.901. The first kappa shape index (κ1) is 13.3. The molecule has 6 heteroatoms. The summed E-state index contributed by atoms with van der Waals surface area (Å²) in [6, 6.07) is 5.14. The number of benzene rings is 1. The van der Waals surface area contributed by atoms with Crippen molar-refractivity contribution in [1.82, 2.24) is 9.97 Å². The summed E-state index contributed by atoms with van der Waals surface area (Å²) in [6.45, 7) is 2.68. The van der Waals surface area contributed by atoms with Crippen molar-refractivity contribution in [2.24, 2.45) is 0 Å². The minimum Gasteiger partial charge on any atom is -0.385 e. The summed E-state index contributed by atoms with van der Waals surface area (Å²) < 4.78 is 0. The van der Waals surface area contributed by atoms with E-state index in [1.165, 1.54) is 18.7 Å². The zero-order valence-corrected chi connectivity index (χ0v) is 11.1. The summed E-state index contributed by atoms with van der Waals surface area (Å²) >= 11 is 5.93. The van der Waals surface area contributed by atoms with Gasteiger partial charge in [0.2, 0.25) is 0 Å². The Hall–Kier alpha value is -2.14. The third kappa shape index (κ3) is 3.42. The van der Waals surface area contributed by atoms with Gasteiger partial charge in [-0.15, -0.1) is 0 Å². The number of nitrogens with zero attached hydrogens (tertiary/aromatic N) is 2. The van der Waals surface area contributed by atoms with Crippen LogP contribution in [0.5, 0.6) is 0 Å².